The first-order valence-corrected chi connectivity index (χ1v) is 8.06. The van der Waals surface area contributed by atoms with E-state index in [4.69, 9.17) is 0 Å². The standard InChI is InChI=1S/C19H20O6/c20-12-5-10-1-3-15(21)13(6-10)14-7-11(2-4-16(14)22)8-17(23)19(25)18(24)9-12/h1-4,6-7,12,17,19-23,25H,5,8-9H2/t12-,17+,19-/m0/s1. The van der Waals surface area contributed by atoms with E-state index < -0.39 is 24.1 Å². The third-order valence-electron chi connectivity index (χ3n) is 4.46. The Labute approximate surface area is 144 Å². The highest BCUT2D eigenvalue weighted by molar-refractivity contribution is 5.84. The van der Waals surface area contributed by atoms with E-state index >= 15 is 0 Å². The third-order valence-corrected chi connectivity index (χ3v) is 4.46. The number of rotatable bonds is 0. The summed E-state index contributed by atoms with van der Waals surface area (Å²) >= 11 is 0. The van der Waals surface area contributed by atoms with Crippen LogP contribution in [-0.4, -0.2) is 49.6 Å². The van der Waals surface area contributed by atoms with Crippen molar-refractivity contribution in [2.24, 2.45) is 0 Å². The van der Waals surface area contributed by atoms with Crippen LogP contribution in [0.1, 0.15) is 17.5 Å². The summed E-state index contributed by atoms with van der Waals surface area (Å²) in [7, 11) is 0. The molecular formula is C19H20O6. The molecule has 1 aliphatic carbocycles. The lowest BCUT2D eigenvalue weighted by atomic mass is 9.96. The summed E-state index contributed by atoms with van der Waals surface area (Å²) in [5.74, 6) is -0.702. The number of carbonyl (C=O) groups excluding carboxylic acids is 1. The number of phenolic OH excluding ortho intramolecular Hbond substituents is 2. The lowest BCUT2D eigenvalue weighted by molar-refractivity contribution is -0.134. The average molecular weight is 344 g/mol. The highest BCUT2D eigenvalue weighted by Gasteiger charge is 2.27. The van der Waals surface area contributed by atoms with Gasteiger partial charge in [0.05, 0.1) is 12.2 Å². The molecular weight excluding hydrogens is 324 g/mol. The zero-order valence-electron chi connectivity index (χ0n) is 13.5. The predicted molar refractivity (Wildman–Crippen MR) is 90.3 cm³/mol. The SMILES string of the molecule is O=C1C[C@@H](O)Cc2ccc(O)c(c2)-c2cc(ccc2O)C[C@@H](O)[C@@H]1O. The van der Waals surface area contributed by atoms with E-state index in [1.807, 2.05) is 0 Å². The minimum absolute atomic E-state index is 0.00324. The van der Waals surface area contributed by atoms with E-state index in [0.717, 1.165) is 0 Å². The Morgan fingerprint density at radius 2 is 1.28 bits per heavy atom. The van der Waals surface area contributed by atoms with Crippen LogP contribution in [0.3, 0.4) is 0 Å². The summed E-state index contributed by atoms with van der Waals surface area (Å²) in [5.41, 5.74) is 2.03. The molecule has 0 aliphatic heterocycles. The van der Waals surface area contributed by atoms with Gasteiger partial charge in [-0.2, -0.15) is 0 Å². The maximum atomic E-state index is 12.0. The van der Waals surface area contributed by atoms with E-state index in [0.29, 0.717) is 22.3 Å². The molecule has 0 radical (unpaired) electrons. The van der Waals surface area contributed by atoms with E-state index in [9.17, 15) is 30.3 Å². The van der Waals surface area contributed by atoms with E-state index in [1.54, 1.807) is 24.3 Å². The van der Waals surface area contributed by atoms with Crippen LogP contribution in [0.4, 0.5) is 0 Å². The van der Waals surface area contributed by atoms with Crippen molar-refractivity contribution in [2.45, 2.75) is 37.6 Å². The van der Waals surface area contributed by atoms with Gasteiger partial charge in [0.1, 0.15) is 17.6 Å². The number of ketones is 1. The first-order chi connectivity index (χ1) is 11.8. The van der Waals surface area contributed by atoms with Crippen LogP contribution in [-0.2, 0) is 17.6 Å². The second-order valence-corrected chi connectivity index (χ2v) is 6.45. The van der Waals surface area contributed by atoms with Crippen LogP contribution < -0.4 is 0 Å². The van der Waals surface area contributed by atoms with Gasteiger partial charge in [0, 0.05) is 24.0 Å². The lowest BCUT2D eigenvalue weighted by Crippen LogP contribution is -2.37. The monoisotopic (exact) mass is 344 g/mol. The molecule has 6 heteroatoms. The van der Waals surface area contributed by atoms with Crippen molar-refractivity contribution in [3.63, 3.8) is 0 Å². The molecule has 0 fully saturated rings. The Morgan fingerprint density at radius 3 is 1.84 bits per heavy atom. The molecule has 0 amide bonds. The molecule has 6 nitrogen and oxygen atoms in total. The van der Waals surface area contributed by atoms with Crippen LogP contribution in [0.25, 0.3) is 11.1 Å². The van der Waals surface area contributed by atoms with Crippen molar-refractivity contribution in [3.8, 4) is 22.6 Å². The summed E-state index contributed by atoms with van der Waals surface area (Å²) in [5, 5.41) is 50.5. The molecule has 2 aromatic rings. The third kappa shape index (κ3) is 3.66. The molecule has 0 unspecified atom stereocenters. The van der Waals surface area contributed by atoms with Crippen molar-refractivity contribution >= 4 is 5.78 Å². The molecule has 0 aromatic heterocycles. The maximum absolute atomic E-state index is 12.0. The van der Waals surface area contributed by atoms with Gasteiger partial charge in [-0.3, -0.25) is 4.79 Å². The molecule has 3 atom stereocenters. The summed E-state index contributed by atoms with van der Waals surface area (Å²) in [6.45, 7) is 0. The highest BCUT2D eigenvalue weighted by atomic mass is 16.3. The number of aliphatic hydroxyl groups is 3. The normalized spacial score (nSPS) is 24.1. The van der Waals surface area contributed by atoms with E-state index in [1.165, 1.54) is 12.1 Å². The fraction of sp³-hybridized carbons (Fsp3) is 0.316. The molecule has 25 heavy (non-hydrogen) atoms. The largest absolute Gasteiger partial charge is 0.507 e. The zero-order valence-corrected chi connectivity index (χ0v) is 13.5. The van der Waals surface area contributed by atoms with Crippen LogP contribution in [0.15, 0.2) is 36.4 Å². The Bertz CT molecular complexity index is 800. The molecule has 0 heterocycles. The van der Waals surface area contributed by atoms with Crippen molar-refractivity contribution in [1.29, 1.82) is 0 Å². The summed E-state index contributed by atoms with van der Waals surface area (Å²) in [4.78, 5) is 12.0. The van der Waals surface area contributed by atoms with Crippen molar-refractivity contribution in [1.82, 2.24) is 0 Å². The van der Waals surface area contributed by atoms with Gasteiger partial charge in [-0.15, -0.1) is 0 Å². The number of benzene rings is 2. The van der Waals surface area contributed by atoms with Crippen LogP contribution in [0.2, 0.25) is 0 Å². The summed E-state index contributed by atoms with van der Waals surface area (Å²) in [6, 6.07) is 9.35. The minimum Gasteiger partial charge on any atom is -0.507 e. The molecule has 3 rings (SSSR count). The molecule has 1 aliphatic rings. The van der Waals surface area contributed by atoms with Gasteiger partial charge in [0.2, 0.25) is 0 Å². The van der Waals surface area contributed by atoms with Gasteiger partial charge in [-0.05, 0) is 41.8 Å². The molecule has 132 valence electrons. The number of aromatic hydroxyl groups is 2. The topological polar surface area (TPSA) is 118 Å². The lowest BCUT2D eigenvalue weighted by Gasteiger charge is -2.18. The van der Waals surface area contributed by atoms with Gasteiger partial charge in [-0.25, -0.2) is 0 Å². The second-order valence-electron chi connectivity index (χ2n) is 6.45. The smallest absolute Gasteiger partial charge is 0.166 e. The van der Waals surface area contributed by atoms with Crippen LogP contribution in [0.5, 0.6) is 11.5 Å². The van der Waals surface area contributed by atoms with E-state index in [-0.39, 0.29) is 30.8 Å². The van der Waals surface area contributed by atoms with Crippen molar-refractivity contribution < 1.29 is 30.3 Å². The molecule has 0 saturated heterocycles. The summed E-state index contributed by atoms with van der Waals surface area (Å²) < 4.78 is 0. The molecule has 0 spiro atoms. The number of fused-ring (bicyclic) bond motifs is 5. The molecule has 4 bridgehead atoms. The molecule has 5 N–H and O–H groups in total. The zero-order chi connectivity index (χ0) is 18.1. The van der Waals surface area contributed by atoms with Crippen molar-refractivity contribution in [3.05, 3.63) is 47.5 Å². The average Bonchev–Trinajstić information content (AvgIpc) is 2.57. The van der Waals surface area contributed by atoms with E-state index in [2.05, 4.69) is 0 Å². The molecule has 2 aromatic carbocycles. The number of phenols is 2. The van der Waals surface area contributed by atoms with Gasteiger partial charge >= 0.3 is 0 Å². The number of carbonyl (C=O) groups is 1. The van der Waals surface area contributed by atoms with Crippen LogP contribution >= 0.6 is 0 Å². The fourth-order valence-electron chi connectivity index (χ4n) is 3.12. The van der Waals surface area contributed by atoms with Crippen LogP contribution in [0, 0.1) is 0 Å². The predicted octanol–water partition coefficient (Wildman–Crippen LogP) is 0.905. The highest BCUT2D eigenvalue weighted by Crippen LogP contribution is 2.37. The number of hydrogen-bond donors (Lipinski definition) is 5. The molecule has 0 saturated carbocycles. The Hall–Kier alpha value is -2.41. The number of Topliss-reactive ketones (excluding diaryl/α,β-unsaturated/α-hetero) is 1. The van der Waals surface area contributed by atoms with Gasteiger partial charge in [0.15, 0.2) is 5.78 Å². The summed E-state index contributed by atoms with van der Waals surface area (Å²) in [6.07, 6.45) is -4.08. The second kappa shape index (κ2) is 6.84. The van der Waals surface area contributed by atoms with Gasteiger partial charge < -0.3 is 25.5 Å². The Balaban J connectivity index is 2.13. The van der Waals surface area contributed by atoms with Crippen molar-refractivity contribution in [2.75, 3.05) is 0 Å². The fourth-order valence-corrected chi connectivity index (χ4v) is 3.12. The van der Waals surface area contributed by atoms with Gasteiger partial charge in [-0.1, -0.05) is 12.1 Å². The van der Waals surface area contributed by atoms with Gasteiger partial charge in [0.25, 0.3) is 0 Å². The maximum Gasteiger partial charge on any atom is 0.166 e. The first kappa shape index (κ1) is 17.4. The Morgan fingerprint density at radius 1 is 0.760 bits per heavy atom. The first-order valence-electron chi connectivity index (χ1n) is 8.06. The minimum atomic E-state index is -1.59. The number of hydrogen-bond acceptors (Lipinski definition) is 6. The number of aliphatic hydroxyl groups excluding tert-OH is 3. The quantitative estimate of drug-likeness (QED) is 0.485. The Kier molecular flexibility index (Phi) is 4.76.